The van der Waals surface area contributed by atoms with E-state index in [0.717, 1.165) is 28.7 Å². The van der Waals surface area contributed by atoms with Crippen LogP contribution in [0.1, 0.15) is 21.9 Å². The Hall–Kier alpha value is -3.73. The minimum Gasteiger partial charge on any atom is -0.325 e. The fourth-order valence-corrected chi connectivity index (χ4v) is 8.01. The lowest BCUT2D eigenvalue weighted by Crippen LogP contribution is -2.33. The predicted octanol–water partition coefficient (Wildman–Crippen LogP) is 5.45. The fraction of sp³-hybridized carbons (Fsp3) is 0.172. The van der Waals surface area contributed by atoms with E-state index in [0.29, 0.717) is 31.9 Å². The highest BCUT2D eigenvalue weighted by molar-refractivity contribution is 8.00. The molecule has 1 aromatic heterocycles. The number of carbonyl (C=O) groups is 3. The topological polar surface area (TPSA) is 88.5 Å². The summed E-state index contributed by atoms with van der Waals surface area (Å²) in [4.78, 5) is 55.1. The molecule has 0 bridgehead atoms. The van der Waals surface area contributed by atoms with E-state index in [1.54, 1.807) is 48.5 Å². The van der Waals surface area contributed by atoms with Crippen molar-refractivity contribution in [3.63, 3.8) is 0 Å². The second-order valence-electron chi connectivity index (χ2n) is 9.62. The van der Waals surface area contributed by atoms with Gasteiger partial charge in [0.15, 0.2) is 0 Å². The van der Waals surface area contributed by atoms with Gasteiger partial charge < -0.3 is 5.32 Å². The van der Waals surface area contributed by atoms with Gasteiger partial charge in [0.2, 0.25) is 17.7 Å². The smallest absolute Gasteiger partial charge is 0.308 e. The van der Waals surface area contributed by atoms with Gasteiger partial charge in [0, 0.05) is 21.5 Å². The Balaban J connectivity index is 1.40. The van der Waals surface area contributed by atoms with E-state index in [1.807, 2.05) is 19.1 Å². The number of halogens is 2. The molecule has 0 radical (unpaired) electrons. The predicted molar refractivity (Wildman–Crippen MR) is 154 cm³/mol. The van der Waals surface area contributed by atoms with Gasteiger partial charge in [-0.1, -0.05) is 64.5 Å². The molecule has 2 aliphatic heterocycles. The largest absolute Gasteiger partial charge is 0.325 e. The van der Waals surface area contributed by atoms with Crippen LogP contribution < -0.4 is 15.1 Å². The molecule has 1 saturated heterocycles. The van der Waals surface area contributed by atoms with Crippen LogP contribution in [0.3, 0.4) is 0 Å². The zero-order valence-corrected chi connectivity index (χ0v) is 23.4. The third kappa shape index (κ3) is 4.66. The molecule has 202 valence electrons. The van der Waals surface area contributed by atoms with Crippen LogP contribution in [0, 0.1) is 18.7 Å². The van der Waals surface area contributed by atoms with E-state index in [9.17, 15) is 23.6 Å². The zero-order valence-electron chi connectivity index (χ0n) is 21.0. The first-order chi connectivity index (χ1) is 19.2. The average molecular weight is 594 g/mol. The molecule has 1 N–H and O–H groups in total. The molecule has 2 aliphatic rings. The highest BCUT2D eigenvalue weighted by atomic mass is 35.5. The first-order valence-corrected chi connectivity index (χ1v) is 14.4. The molecule has 11 heteroatoms. The summed E-state index contributed by atoms with van der Waals surface area (Å²) in [7, 11) is 0. The number of thioether (sulfide) groups is 1. The van der Waals surface area contributed by atoms with Crippen LogP contribution in [-0.4, -0.2) is 27.5 Å². The third-order valence-electron chi connectivity index (χ3n) is 7.00. The minimum atomic E-state index is -0.823. The normalized spacial score (nSPS) is 19.9. The maximum Gasteiger partial charge on any atom is 0.308 e. The number of thiazole rings is 1. The molecule has 3 amide bonds. The molecule has 6 rings (SSSR count). The molecule has 3 aromatic carbocycles. The van der Waals surface area contributed by atoms with E-state index in [-0.39, 0.29) is 17.3 Å². The van der Waals surface area contributed by atoms with Gasteiger partial charge in [-0.3, -0.25) is 23.7 Å². The van der Waals surface area contributed by atoms with Gasteiger partial charge in [0.25, 0.3) is 0 Å². The second-order valence-corrected chi connectivity index (χ2v) is 12.2. The molecular formula is C29H21ClFN3O4S2. The minimum absolute atomic E-state index is 0.280. The molecule has 40 heavy (non-hydrogen) atoms. The van der Waals surface area contributed by atoms with E-state index in [1.165, 1.54) is 21.6 Å². The van der Waals surface area contributed by atoms with Crippen molar-refractivity contribution in [2.75, 3.05) is 10.2 Å². The molecule has 0 saturated carbocycles. The van der Waals surface area contributed by atoms with Crippen molar-refractivity contribution >= 4 is 63.8 Å². The average Bonchev–Trinajstić information content (AvgIpc) is 3.37. The summed E-state index contributed by atoms with van der Waals surface area (Å²) in [6.45, 7) is 1.63. The fourth-order valence-electron chi connectivity index (χ4n) is 5.11. The number of imide groups is 1. The van der Waals surface area contributed by atoms with Gasteiger partial charge in [0.1, 0.15) is 17.6 Å². The molecule has 3 heterocycles. The number of hydrogen-bond acceptors (Lipinski definition) is 6. The van der Waals surface area contributed by atoms with Gasteiger partial charge in [-0.05, 0) is 61.0 Å². The number of rotatable bonds is 5. The van der Waals surface area contributed by atoms with Crippen molar-refractivity contribution in [2.24, 2.45) is 5.92 Å². The van der Waals surface area contributed by atoms with E-state index in [2.05, 4.69) is 5.32 Å². The van der Waals surface area contributed by atoms with Crippen molar-refractivity contribution in [3.05, 3.63) is 109 Å². The summed E-state index contributed by atoms with van der Waals surface area (Å²) in [5.41, 5.74) is 2.59. The number of nitrogens with one attached hydrogen (secondary N) is 1. The van der Waals surface area contributed by atoms with Gasteiger partial charge in [0.05, 0.1) is 16.6 Å². The van der Waals surface area contributed by atoms with Crippen molar-refractivity contribution in [3.8, 4) is 0 Å². The van der Waals surface area contributed by atoms with E-state index in [4.69, 9.17) is 11.6 Å². The molecule has 4 aromatic rings. The number of anilines is 2. The summed E-state index contributed by atoms with van der Waals surface area (Å²) in [5.74, 6) is -3.10. The summed E-state index contributed by atoms with van der Waals surface area (Å²) in [6, 6.07) is 19.4. The number of carbonyl (C=O) groups excluding carboxylic acids is 3. The highest BCUT2D eigenvalue weighted by Crippen LogP contribution is 2.53. The Morgan fingerprint density at radius 1 is 0.950 bits per heavy atom. The van der Waals surface area contributed by atoms with Crippen LogP contribution in [0.4, 0.5) is 15.8 Å². The van der Waals surface area contributed by atoms with Gasteiger partial charge in [-0.25, -0.2) is 9.29 Å². The quantitative estimate of drug-likeness (QED) is 0.311. The molecular weight excluding hydrogens is 573 g/mol. The number of aryl methyl sites for hydroxylation is 1. The summed E-state index contributed by atoms with van der Waals surface area (Å²) < 4.78 is 15.2. The number of amides is 3. The van der Waals surface area contributed by atoms with Crippen LogP contribution in [-0.2, 0) is 20.9 Å². The molecule has 3 atom stereocenters. The Morgan fingerprint density at radius 3 is 2.30 bits per heavy atom. The van der Waals surface area contributed by atoms with Crippen molar-refractivity contribution in [2.45, 2.75) is 29.7 Å². The van der Waals surface area contributed by atoms with Crippen LogP contribution >= 0.6 is 34.7 Å². The maximum absolute atomic E-state index is 13.9. The first-order valence-electron chi connectivity index (χ1n) is 12.4. The van der Waals surface area contributed by atoms with Crippen LogP contribution in [0.5, 0.6) is 0 Å². The Labute approximate surface area is 241 Å². The van der Waals surface area contributed by atoms with Gasteiger partial charge in [-0.2, -0.15) is 0 Å². The van der Waals surface area contributed by atoms with E-state index < -0.39 is 34.7 Å². The molecule has 0 aliphatic carbocycles. The Morgan fingerprint density at radius 2 is 1.62 bits per heavy atom. The summed E-state index contributed by atoms with van der Waals surface area (Å²) in [5, 5.41) is 2.91. The van der Waals surface area contributed by atoms with E-state index >= 15 is 0 Å². The highest BCUT2D eigenvalue weighted by Gasteiger charge is 2.56. The number of nitrogens with zero attached hydrogens (tertiary/aromatic N) is 2. The van der Waals surface area contributed by atoms with Crippen LogP contribution in [0.25, 0.3) is 0 Å². The molecule has 1 fully saturated rings. The van der Waals surface area contributed by atoms with Crippen LogP contribution in [0.2, 0.25) is 5.02 Å². The lowest BCUT2D eigenvalue weighted by molar-refractivity contribution is -0.122. The Kier molecular flexibility index (Phi) is 6.85. The standard InChI is InChI=1S/C29H21ClFN3O4S2/c1-15-2-12-20(13-3-15)34-26(36)23-22(16-4-8-18(31)9-5-16)25-28(39-24(23)27(34)37)33(29(38)40-25)14-21(35)32-19-10-6-17(30)7-11-19/h2-13,22-24H,14H2,1H3,(H,32,35)/t22-,23?,24?/m0/s1. The zero-order chi connectivity index (χ0) is 28.1. The molecule has 7 nitrogen and oxygen atoms in total. The Bertz CT molecular complexity index is 1700. The number of aromatic nitrogens is 1. The first kappa shape index (κ1) is 26.5. The van der Waals surface area contributed by atoms with Crippen molar-refractivity contribution in [1.29, 1.82) is 0 Å². The summed E-state index contributed by atoms with van der Waals surface area (Å²) in [6.07, 6.45) is 0. The summed E-state index contributed by atoms with van der Waals surface area (Å²) >= 11 is 7.99. The molecule has 0 spiro atoms. The van der Waals surface area contributed by atoms with Gasteiger partial charge in [-0.15, -0.1) is 0 Å². The monoisotopic (exact) mass is 593 g/mol. The number of benzene rings is 3. The lowest BCUT2D eigenvalue weighted by atomic mass is 9.83. The second kappa shape index (κ2) is 10.3. The van der Waals surface area contributed by atoms with Crippen LogP contribution in [0.15, 0.2) is 82.6 Å². The maximum atomic E-state index is 13.9. The SMILES string of the molecule is Cc1ccc(N2C(=O)C3Sc4c(sc(=O)n4CC(=O)Nc4ccc(Cl)cc4)[C@@H](c4ccc(F)cc4)C3C2=O)cc1. The van der Waals surface area contributed by atoms with Crippen molar-refractivity contribution < 1.29 is 18.8 Å². The molecule has 2 unspecified atom stereocenters. The number of hydrogen-bond donors (Lipinski definition) is 1. The van der Waals surface area contributed by atoms with Crippen molar-refractivity contribution in [1.82, 2.24) is 4.57 Å². The number of fused-ring (bicyclic) bond motifs is 2. The third-order valence-corrected chi connectivity index (χ3v) is 9.86. The van der Waals surface area contributed by atoms with Gasteiger partial charge >= 0.3 is 4.87 Å². The lowest BCUT2D eigenvalue weighted by Gasteiger charge is -2.30.